The highest BCUT2D eigenvalue weighted by Crippen LogP contribution is 2.16. The third kappa shape index (κ3) is 2.46. The van der Waals surface area contributed by atoms with Crippen LogP contribution >= 0.6 is 0 Å². The Hall–Kier alpha value is -3.42. The van der Waals surface area contributed by atoms with Gasteiger partial charge in [-0.25, -0.2) is 9.97 Å². The number of hydrogen-bond acceptors (Lipinski definition) is 5. The molecule has 8 nitrogen and oxygen atoms in total. The third-order valence-corrected chi connectivity index (χ3v) is 4.61. The number of nitrogens with zero attached hydrogens (tertiary/aromatic N) is 3. The van der Waals surface area contributed by atoms with Crippen LogP contribution in [-0.2, 0) is 13.6 Å². The van der Waals surface area contributed by atoms with Crippen LogP contribution in [0, 0.1) is 13.8 Å². The van der Waals surface area contributed by atoms with Gasteiger partial charge in [-0.05, 0) is 31.5 Å². The second kappa shape index (κ2) is 5.83. The second-order valence-electron chi connectivity index (χ2n) is 6.28. The Balaban J connectivity index is 1.71. The minimum Gasteiger partial charge on any atom is -0.348 e. The molecule has 0 bridgehead atoms. The molecule has 0 radical (unpaired) electrons. The first-order valence-electron chi connectivity index (χ1n) is 8.23. The lowest BCUT2D eigenvalue weighted by Gasteiger charge is -2.10. The van der Waals surface area contributed by atoms with Gasteiger partial charge >= 0.3 is 0 Å². The molecule has 0 amide bonds. The highest BCUT2D eigenvalue weighted by Gasteiger charge is 2.12. The molecule has 0 atom stereocenters. The van der Waals surface area contributed by atoms with Crippen molar-refractivity contribution in [2.75, 3.05) is 5.32 Å². The van der Waals surface area contributed by atoms with Gasteiger partial charge in [0.25, 0.3) is 11.1 Å². The van der Waals surface area contributed by atoms with Crippen LogP contribution in [0.2, 0.25) is 0 Å². The minimum absolute atomic E-state index is 0.134. The van der Waals surface area contributed by atoms with Crippen molar-refractivity contribution in [2.24, 2.45) is 7.05 Å². The zero-order valence-electron chi connectivity index (χ0n) is 14.7. The van der Waals surface area contributed by atoms with E-state index in [4.69, 9.17) is 0 Å². The van der Waals surface area contributed by atoms with E-state index in [9.17, 15) is 9.59 Å². The fourth-order valence-corrected chi connectivity index (χ4v) is 3.04. The van der Waals surface area contributed by atoms with Crippen LogP contribution in [0.3, 0.4) is 0 Å². The summed E-state index contributed by atoms with van der Waals surface area (Å²) in [5.74, 6) is 0.876. The molecule has 3 aromatic heterocycles. The van der Waals surface area contributed by atoms with Gasteiger partial charge in [-0.1, -0.05) is 12.1 Å². The van der Waals surface area contributed by atoms with Gasteiger partial charge in [-0.3, -0.25) is 14.2 Å². The topological polar surface area (TPSA) is 108 Å². The molecule has 4 aromatic rings. The summed E-state index contributed by atoms with van der Waals surface area (Å²) in [7, 11) is 1.65. The monoisotopic (exact) mass is 350 g/mol. The average molecular weight is 350 g/mol. The number of hydrogen-bond donors (Lipinski definition) is 3. The predicted octanol–water partition coefficient (Wildman–Crippen LogP) is 1.73. The lowest BCUT2D eigenvalue weighted by molar-refractivity contribution is 0.826. The molecule has 0 spiro atoms. The molecule has 3 N–H and O–H groups in total. The van der Waals surface area contributed by atoms with Gasteiger partial charge in [0, 0.05) is 12.7 Å². The van der Waals surface area contributed by atoms with Crippen molar-refractivity contribution in [1.82, 2.24) is 24.5 Å². The molecule has 0 saturated carbocycles. The molecule has 0 saturated heterocycles. The van der Waals surface area contributed by atoms with Crippen molar-refractivity contribution in [3.05, 3.63) is 62.1 Å². The van der Waals surface area contributed by atoms with Crippen LogP contribution in [0.25, 0.3) is 21.9 Å². The fourth-order valence-electron chi connectivity index (χ4n) is 3.04. The standard InChI is InChI=1S/C18H18N6O2/c1-9-10(2)20-15-14(9)16(25)23-13(22-15)8-19-18-21-12-7-5-4-6-11(12)17(26)24(18)3/h4-7H,8H2,1-3H3,(H,19,21)(H2,20,22,23,25). The Kier molecular flexibility index (Phi) is 3.61. The summed E-state index contributed by atoms with van der Waals surface area (Å²) >= 11 is 0. The number of nitrogens with one attached hydrogen (secondary N) is 3. The number of aryl methyl sites for hydroxylation is 2. The summed E-state index contributed by atoms with van der Waals surface area (Å²) in [6, 6.07) is 7.18. The van der Waals surface area contributed by atoms with E-state index in [0.717, 1.165) is 11.3 Å². The molecule has 0 fully saturated rings. The Morgan fingerprint density at radius 3 is 2.69 bits per heavy atom. The molecule has 3 heterocycles. The first kappa shape index (κ1) is 16.1. The van der Waals surface area contributed by atoms with Gasteiger partial charge in [-0.15, -0.1) is 0 Å². The zero-order valence-corrected chi connectivity index (χ0v) is 14.7. The normalized spacial score (nSPS) is 11.3. The maximum absolute atomic E-state index is 12.4. The Morgan fingerprint density at radius 2 is 1.88 bits per heavy atom. The molecular formula is C18H18N6O2. The lowest BCUT2D eigenvalue weighted by Crippen LogP contribution is -2.23. The molecule has 0 aliphatic carbocycles. The number of H-pyrrole nitrogens is 2. The summed E-state index contributed by atoms with van der Waals surface area (Å²) in [4.78, 5) is 39.6. The summed E-state index contributed by atoms with van der Waals surface area (Å²) in [5.41, 5.74) is 2.67. The Labute approximate surface area is 147 Å². The molecular weight excluding hydrogens is 332 g/mol. The largest absolute Gasteiger partial charge is 0.348 e. The summed E-state index contributed by atoms with van der Waals surface area (Å²) < 4.78 is 1.45. The third-order valence-electron chi connectivity index (χ3n) is 4.61. The first-order valence-corrected chi connectivity index (χ1v) is 8.23. The van der Waals surface area contributed by atoms with Crippen LogP contribution in [0.4, 0.5) is 5.95 Å². The number of rotatable bonds is 3. The number of para-hydroxylation sites is 1. The summed E-state index contributed by atoms with van der Waals surface area (Å²) in [6.45, 7) is 4.03. The van der Waals surface area contributed by atoms with Gasteiger partial charge < -0.3 is 15.3 Å². The van der Waals surface area contributed by atoms with E-state index in [2.05, 4.69) is 25.3 Å². The molecule has 4 rings (SSSR count). The fraction of sp³-hybridized carbons (Fsp3) is 0.222. The van der Waals surface area contributed by atoms with E-state index in [-0.39, 0.29) is 17.7 Å². The van der Waals surface area contributed by atoms with E-state index >= 15 is 0 Å². The van der Waals surface area contributed by atoms with Crippen molar-refractivity contribution in [3.8, 4) is 0 Å². The van der Waals surface area contributed by atoms with Crippen molar-refractivity contribution < 1.29 is 0 Å². The Morgan fingerprint density at radius 1 is 1.12 bits per heavy atom. The molecule has 0 aliphatic rings. The lowest BCUT2D eigenvalue weighted by atomic mass is 10.2. The molecule has 8 heteroatoms. The second-order valence-corrected chi connectivity index (χ2v) is 6.28. The number of aromatic amines is 2. The highest BCUT2D eigenvalue weighted by atomic mass is 16.1. The summed E-state index contributed by atoms with van der Waals surface area (Å²) in [5, 5.41) is 4.21. The van der Waals surface area contributed by atoms with E-state index in [1.807, 2.05) is 26.0 Å². The molecule has 132 valence electrons. The molecule has 1 aromatic carbocycles. The maximum Gasteiger partial charge on any atom is 0.262 e. The van der Waals surface area contributed by atoms with Crippen molar-refractivity contribution >= 4 is 27.9 Å². The molecule has 26 heavy (non-hydrogen) atoms. The molecule has 0 unspecified atom stereocenters. The predicted molar refractivity (Wildman–Crippen MR) is 100 cm³/mol. The van der Waals surface area contributed by atoms with Gasteiger partial charge in [0.15, 0.2) is 0 Å². The van der Waals surface area contributed by atoms with Gasteiger partial charge in [0.1, 0.15) is 11.5 Å². The Bertz CT molecular complexity index is 1260. The molecule has 0 aliphatic heterocycles. The van der Waals surface area contributed by atoms with Crippen molar-refractivity contribution in [2.45, 2.75) is 20.4 Å². The number of fused-ring (bicyclic) bond motifs is 2. The van der Waals surface area contributed by atoms with E-state index in [1.165, 1.54) is 4.57 Å². The highest BCUT2D eigenvalue weighted by molar-refractivity contribution is 5.80. The van der Waals surface area contributed by atoms with Crippen LogP contribution in [0.15, 0.2) is 33.9 Å². The van der Waals surface area contributed by atoms with Crippen LogP contribution in [0.5, 0.6) is 0 Å². The minimum atomic E-state index is -0.186. The SMILES string of the molecule is Cc1[nH]c2nc(CNc3nc4ccccc4c(=O)n3C)[nH]c(=O)c2c1C. The van der Waals surface area contributed by atoms with Crippen LogP contribution in [0.1, 0.15) is 17.1 Å². The smallest absolute Gasteiger partial charge is 0.262 e. The van der Waals surface area contributed by atoms with Gasteiger partial charge in [0.05, 0.1) is 22.8 Å². The van der Waals surface area contributed by atoms with Gasteiger partial charge in [-0.2, -0.15) is 0 Å². The van der Waals surface area contributed by atoms with Crippen molar-refractivity contribution in [1.29, 1.82) is 0 Å². The average Bonchev–Trinajstić information content (AvgIpc) is 2.91. The van der Waals surface area contributed by atoms with Crippen LogP contribution in [-0.4, -0.2) is 24.5 Å². The van der Waals surface area contributed by atoms with Gasteiger partial charge in [0.2, 0.25) is 5.95 Å². The van der Waals surface area contributed by atoms with E-state index < -0.39 is 0 Å². The van der Waals surface area contributed by atoms with Crippen LogP contribution < -0.4 is 16.4 Å². The number of benzene rings is 1. The zero-order chi connectivity index (χ0) is 18.4. The summed E-state index contributed by atoms with van der Waals surface area (Å²) in [6.07, 6.45) is 0. The van der Waals surface area contributed by atoms with Crippen molar-refractivity contribution in [3.63, 3.8) is 0 Å². The van der Waals surface area contributed by atoms with E-state index in [0.29, 0.717) is 33.7 Å². The quantitative estimate of drug-likeness (QED) is 0.521. The van der Waals surface area contributed by atoms with E-state index in [1.54, 1.807) is 19.2 Å². The number of aromatic nitrogens is 5. The first-order chi connectivity index (χ1) is 12.5. The maximum atomic E-state index is 12.4. The number of anilines is 1.